The SMILES string of the molecule is Cc1c(Cl)nnc(NCC2(O)CCCCC2)c1C. The van der Waals surface area contributed by atoms with Crippen LogP contribution in [0, 0.1) is 13.8 Å². The lowest BCUT2D eigenvalue weighted by molar-refractivity contribution is 0.0166. The summed E-state index contributed by atoms with van der Waals surface area (Å²) >= 11 is 5.91. The van der Waals surface area contributed by atoms with Gasteiger partial charge in [0.1, 0.15) is 0 Å². The minimum Gasteiger partial charge on any atom is -0.388 e. The van der Waals surface area contributed by atoms with Crippen molar-refractivity contribution in [2.24, 2.45) is 0 Å². The third-order valence-corrected chi connectivity index (χ3v) is 4.19. The predicted molar refractivity (Wildman–Crippen MR) is 73.0 cm³/mol. The minimum atomic E-state index is -0.597. The minimum absolute atomic E-state index is 0.439. The van der Waals surface area contributed by atoms with Gasteiger partial charge in [0.15, 0.2) is 11.0 Å². The lowest BCUT2D eigenvalue weighted by Gasteiger charge is -2.32. The molecule has 1 aromatic rings. The van der Waals surface area contributed by atoms with Gasteiger partial charge >= 0.3 is 0 Å². The van der Waals surface area contributed by atoms with Crippen molar-refractivity contribution in [3.8, 4) is 0 Å². The summed E-state index contributed by atoms with van der Waals surface area (Å²) in [6.45, 7) is 4.42. The lowest BCUT2D eigenvalue weighted by atomic mass is 9.85. The monoisotopic (exact) mass is 269 g/mol. The van der Waals surface area contributed by atoms with Crippen molar-refractivity contribution in [3.05, 3.63) is 16.3 Å². The summed E-state index contributed by atoms with van der Waals surface area (Å²) in [6, 6.07) is 0. The zero-order chi connectivity index (χ0) is 13.2. The maximum atomic E-state index is 10.4. The highest BCUT2D eigenvalue weighted by molar-refractivity contribution is 6.30. The molecule has 1 aromatic heterocycles. The van der Waals surface area contributed by atoms with Gasteiger partial charge in [-0.3, -0.25) is 0 Å². The van der Waals surface area contributed by atoms with Crippen LogP contribution in [-0.4, -0.2) is 27.4 Å². The van der Waals surface area contributed by atoms with Crippen LogP contribution >= 0.6 is 11.6 Å². The van der Waals surface area contributed by atoms with E-state index in [0.29, 0.717) is 11.7 Å². The molecule has 0 aliphatic heterocycles. The fourth-order valence-corrected chi connectivity index (χ4v) is 2.56. The Bertz CT molecular complexity index is 430. The van der Waals surface area contributed by atoms with E-state index in [1.165, 1.54) is 6.42 Å². The molecule has 0 unspecified atom stereocenters. The Labute approximate surface area is 113 Å². The number of aliphatic hydroxyl groups is 1. The first-order chi connectivity index (χ1) is 8.52. The van der Waals surface area contributed by atoms with Gasteiger partial charge in [-0.15, -0.1) is 10.2 Å². The van der Waals surface area contributed by atoms with E-state index < -0.39 is 5.60 Å². The van der Waals surface area contributed by atoms with Crippen LogP contribution in [-0.2, 0) is 0 Å². The Balaban J connectivity index is 2.04. The Kier molecular flexibility index (Phi) is 4.07. The number of rotatable bonds is 3. The Morgan fingerprint density at radius 3 is 2.50 bits per heavy atom. The average Bonchev–Trinajstić information content (AvgIpc) is 2.36. The van der Waals surface area contributed by atoms with Gasteiger partial charge in [-0.2, -0.15) is 0 Å². The zero-order valence-corrected chi connectivity index (χ0v) is 11.7. The predicted octanol–water partition coefficient (Wildman–Crippen LogP) is 2.85. The summed E-state index contributed by atoms with van der Waals surface area (Å²) < 4.78 is 0. The second-order valence-electron chi connectivity index (χ2n) is 5.23. The molecule has 1 fully saturated rings. The van der Waals surface area contributed by atoms with Gasteiger partial charge in [0.05, 0.1) is 5.60 Å². The van der Waals surface area contributed by atoms with Gasteiger partial charge < -0.3 is 10.4 Å². The first-order valence-corrected chi connectivity index (χ1v) is 6.85. The summed E-state index contributed by atoms with van der Waals surface area (Å²) in [6.07, 6.45) is 5.14. The van der Waals surface area contributed by atoms with Crippen molar-refractivity contribution < 1.29 is 5.11 Å². The molecular weight excluding hydrogens is 250 g/mol. The highest BCUT2D eigenvalue weighted by atomic mass is 35.5. The van der Waals surface area contributed by atoms with E-state index in [0.717, 1.165) is 42.6 Å². The molecule has 0 spiro atoms. The van der Waals surface area contributed by atoms with E-state index >= 15 is 0 Å². The molecule has 1 heterocycles. The van der Waals surface area contributed by atoms with Crippen LogP contribution in [0.3, 0.4) is 0 Å². The van der Waals surface area contributed by atoms with Gasteiger partial charge in [0, 0.05) is 6.54 Å². The Morgan fingerprint density at radius 2 is 1.83 bits per heavy atom. The highest BCUT2D eigenvalue weighted by Crippen LogP contribution is 2.29. The van der Waals surface area contributed by atoms with Crippen LogP contribution < -0.4 is 5.32 Å². The van der Waals surface area contributed by atoms with Gasteiger partial charge in [-0.05, 0) is 37.8 Å². The molecule has 0 aromatic carbocycles. The number of halogens is 1. The van der Waals surface area contributed by atoms with Crippen LogP contribution in [0.1, 0.15) is 43.2 Å². The van der Waals surface area contributed by atoms with Crippen LogP contribution in [0.4, 0.5) is 5.82 Å². The molecule has 2 N–H and O–H groups in total. The quantitative estimate of drug-likeness (QED) is 0.886. The molecule has 0 saturated heterocycles. The third-order valence-electron chi connectivity index (χ3n) is 3.83. The Hall–Kier alpha value is -0.870. The second kappa shape index (κ2) is 5.41. The summed E-state index contributed by atoms with van der Waals surface area (Å²) in [7, 11) is 0. The van der Waals surface area contributed by atoms with E-state index in [4.69, 9.17) is 11.6 Å². The number of anilines is 1. The molecule has 100 valence electrons. The average molecular weight is 270 g/mol. The Morgan fingerprint density at radius 1 is 1.17 bits per heavy atom. The molecule has 18 heavy (non-hydrogen) atoms. The van der Waals surface area contributed by atoms with Crippen LogP contribution in [0.15, 0.2) is 0 Å². The molecule has 1 aliphatic rings. The van der Waals surface area contributed by atoms with Gasteiger partial charge in [0.25, 0.3) is 0 Å². The van der Waals surface area contributed by atoms with Crippen molar-refractivity contribution in [2.75, 3.05) is 11.9 Å². The molecule has 0 amide bonds. The fraction of sp³-hybridized carbons (Fsp3) is 0.692. The normalized spacial score (nSPS) is 18.7. The summed E-state index contributed by atoms with van der Waals surface area (Å²) in [4.78, 5) is 0. The van der Waals surface area contributed by atoms with Crippen molar-refractivity contribution in [1.29, 1.82) is 0 Å². The van der Waals surface area contributed by atoms with Crippen LogP contribution in [0.2, 0.25) is 5.15 Å². The van der Waals surface area contributed by atoms with E-state index in [9.17, 15) is 5.11 Å². The van der Waals surface area contributed by atoms with Crippen LogP contribution in [0.25, 0.3) is 0 Å². The fourth-order valence-electron chi connectivity index (χ4n) is 2.38. The number of hydrogen-bond donors (Lipinski definition) is 2. The first-order valence-electron chi connectivity index (χ1n) is 6.47. The van der Waals surface area contributed by atoms with Crippen molar-refractivity contribution in [3.63, 3.8) is 0 Å². The zero-order valence-electron chi connectivity index (χ0n) is 11.0. The van der Waals surface area contributed by atoms with Gasteiger partial charge in [-0.1, -0.05) is 30.9 Å². The molecule has 0 atom stereocenters. The topological polar surface area (TPSA) is 58.0 Å². The summed E-state index contributed by atoms with van der Waals surface area (Å²) in [5.74, 6) is 0.718. The molecule has 1 aliphatic carbocycles. The molecule has 2 rings (SSSR count). The summed E-state index contributed by atoms with van der Waals surface area (Å²) in [5.41, 5.74) is 1.33. The maximum absolute atomic E-state index is 10.4. The second-order valence-corrected chi connectivity index (χ2v) is 5.59. The number of nitrogens with one attached hydrogen (secondary N) is 1. The largest absolute Gasteiger partial charge is 0.388 e. The third kappa shape index (κ3) is 2.93. The van der Waals surface area contributed by atoms with E-state index in [2.05, 4.69) is 15.5 Å². The molecule has 0 bridgehead atoms. The standard InChI is InChI=1S/C13H20ClN3O/c1-9-10(2)12(17-16-11(9)14)15-8-13(18)6-4-3-5-7-13/h18H,3-8H2,1-2H3,(H,15,17). The van der Waals surface area contributed by atoms with Crippen LogP contribution in [0.5, 0.6) is 0 Å². The highest BCUT2D eigenvalue weighted by Gasteiger charge is 2.29. The first kappa shape index (κ1) is 13.6. The number of nitrogens with zero attached hydrogens (tertiary/aromatic N) is 2. The van der Waals surface area contributed by atoms with Gasteiger partial charge in [0.2, 0.25) is 0 Å². The number of hydrogen-bond acceptors (Lipinski definition) is 4. The van der Waals surface area contributed by atoms with Gasteiger partial charge in [-0.25, -0.2) is 0 Å². The van der Waals surface area contributed by atoms with Crippen molar-refractivity contribution >= 4 is 17.4 Å². The molecule has 5 heteroatoms. The van der Waals surface area contributed by atoms with E-state index in [1.807, 2.05) is 13.8 Å². The molecule has 4 nitrogen and oxygen atoms in total. The summed E-state index contributed by atoms with van der Waals surface area (Å²) in [5, 5.41) is 22.0. The smallest absolute Gasteiger partial charge is 0.155 e. The molecule has 0 radical (unpaired) electrons. The lowest BCUT2D eigenvalue weighted by Crippen LogP contribution is -2.39. The molecular formula is C13H20ClN3O. The molecule has 1 saturated carbocycles. The van der Waals surface area contributed by atoms with Crippen molar-refractivity contribution in [1.82, 2.24) is 10.2 Å². The van der Waals surface area contributed by atoms with Crippen molar-refractivity contribution in [2.45, 2.75) is 51.6 Å². The maximum Gasteiger partial charge on any atom is 0.155 e. The van der Waals surface area contributed by atoms with E-state index in [1.54, 1.807) is 0 Å². The number of aromatic nitrogens is 2. The van der Waals surface area contributed by atoms with E-state index in [-0.39, 0.29) is 0 Å².